The molecule has 0 amide bonds. The van der Waals surface area contributed by atoms with Gasteiger partial charge >= 0.3 is 0 Å². The number of ketones is 1. The van der Waals surface area contributed by atoms with E-state index >= 15 is 0 Å². The normalized spacial score (nSPS) is 13.5. The van der Waals surface area contributed by atoms with Crippen molar-refractivity contribution in [1.82, 2.24) is 0 Å². The summed E-state index contributed by atoms with van der Waals surface area (Å²) in [7, 11) is 0.153. The molecule has 0 spiro atoms. The molecule has 0 saturated carbocycles. The van der Waals surface area contributed by atoms with Crippen molar-refractivity contribution in [1.29, 1.82) is 0 Å². The largest absolute Gasteiger partial charge is 0.497 e. The van der Waals surface area contributed by atoms with E-state index in [0.29, 0.717) is 16.2 Å². The summed E-state index contributed by atoms with van der Waals surface area (Å²) < 4.78 is 17.7. The molecule has 2 aromatic rings. The zero-order chi connectivity index (χ0) is 15.4. The van der Waals surface area contributed by atoms with E-state index in [4.69, 9.17) is 4.74 Å². The highest BCUT2D eigenvalue weighted by molar-refractivity contribution is 7.86. The summed E-state index contributed by atoms with van der Waals surface area (Å²) in [5.74, 6) is 0.520. The molecule has 2 aromatic carbocycles. The average Bonchev–Trinajstić information content (AvgIpc) is 2.53. The van der Waals surface area contributed by atoms with Crippen LogP contribution in [0.4, 0.5) is 0 Å². The summed E-state index contributed by atoms with van der Waals surface area (Å²) in [4.78, 5) is 13.0. The van der Waals surface area contributed by atoms with E-state index in [9.17, 15) is 9.00 Å². The van der Waals surface area contributed by atoms with E-state index in [1.807, 2.05) is 19.1 Å². The highest BCUT2D eigenvalue weighted by Crippen LogP contribution is 2.20. The van der Waals surface area contributed by atoms with Gasteiger partial charge in [0.05, 0.1) is 23.2 Å². The number of carbonyl (C=O) groups is 1. The fourth-order valence-corrected chi connectivity index (χ4v) is 3.16. The minimum atomic E-state index is -1.41. The molecule has 0 aromatic heterocycles. The number of aryl methyl sites for hydroxylation is 1. The standard InChI is InChI=1S/C17H18O3S/c1-12-7-9-14(10-8-12)17(18)13(2)21(19)16-6-4-5-15(11-16)20-3/h4-11,13H,1-3H3. The summed E-state index contributed by atoms with van der Waals surface area (Å²) in [6, 6.07) is 14.3. The molecule has 0 radical (unpaired) electrons. The van der Waals surface area contributed by atoms with Crippen molar-refractivity contribution < 1.29 is 13.7 Å². The van der Waals surface area contributed by atoms with E-state index in [0.717, 1.165) is 5.56 Å². The first-order valence-corrected chi connectivity index (χ1v) is 7.89. The number of rotatable bonds is 5. The molecule has 2 rings (SSSR count). The van der Waals surface area contributed by atoms with Crippen LogP contribution >= 0.6 is 0 Å². The lowest BCUT2D eigenvalue weighted by molar-refractivity contribution is 0.0992. The van der Waals surface area contributed by atoms with Crippen molar-refractivity contribution in [3.63, 3.8) is 0 Å². The van der Waals surface area contributed by atoms with Crippen LogP contribution in [-0.2, 0) is 10.8 Å². The monoisotopic (exact) mass is 302 g/mol. The zero-order valence-electron chi connectivity index (χ0n) is 12.3. The van der Waals surface area contributed by atoms with Gasteiger partial charge in [0.2, 0.25) is 0 Å². The van der Waals surface area contributed by atoms with Gasteiger partial charge in [0.25, 0.3) is 0 Å². The van der Waals surface area contributed by atoms with Gasteiger partial charge in [-0.1, -0.05) is 35.9 Å². The van der Waals surface area contributed by atoms with Crippen molar-refractivity contribution in [3.05, 3.63) is 59.7 Å². The van der Waals surface area contributed by atoms with E-state index in [1.54, 1.807) is 50.4 Å². The molecule has 0 heterocycles. The first-order valence-electron chi connectivity index (χ1n) is 6.68. The lowest BCUT2D eigenvalue weighted by Crippen LogP contribution is -2.22. The van der Waals surface area contributed by atoms with E-state index < -0.39 is 16.0 Å². The van der Waals surface area contributed by atoms with Crippen LogP contribution < -0.4 is 4.74 Å². The van der Waals surface area contributed by atoms with Gasteiger partial charge in [-0.25, -0.2) is 0 Å². The van der Waals surface area contributed by atoms with E-state index in [1.165, 1.54) is 0 Å². The Morgan fingerprint density at radius 1 is 1.14 bits per heavy atom. The molecule has 0 N–H and O–H groups in total. The van der Waals surface area contributed by atoms with Crippen molar-refractivity contribution in [2.24, 2.45) is 0 Å². The van der Waals surface area contributed by atoms with Crippen molar-refractivity contribution in [2.75, 3.05) is 7.11 Å². The van der Waals surface area contributed by atoms with Gasteiger partial charge in [-0.15, -0.1) is 0 Å². The van der Waals surface area contributed by atoms with Crippen LogP contribution in [0.15, 0.2) is 53.4 Å². The van der Waals surface area contributed by atoms with Crippen LogP contribution in [-0.4, -0.2) is 22.4 Å². The Bertz CT molecular complexity index is 662. The molecule has 2 unspecified atom stereocenters. The van der Waals surface area contributed by atoms with Crippen LogP contribution in [0.5, 0.6) is 5.75 Å². The lowest BCUT2D eigenvalue weighted by Gasteiger charge is -2.11. The Balaban J connectivity index is 2.22. The van der Waals surface area contributed by atoms with Crippen LogP contribution in [0.1, 0.15) is 22.8 Å². The number of ether oxygens (including phenoxy) is 1. The Kier molecular flexibility index (Phi) is 4.91. The first-order chi connectivity index (χ1) is 10.0. The average molecular weight is 302 g/mol. The number of hydrogen-bond donors (Lipinski definition) is 0. The Hall–Kier alpha value is -1.94. The highest BCUT2D eigenvalue weighted by Gasteiger charge is 2.22. The molecule has 0 bridgehead atoms. The summed E-state index contributed by atoms with van der Waals surface area (Å²) >= 11 is 0. The summed E-state index contributed by atoms with van der Waals surface area (Å²) in [5, 5.41) is -0.597. The second-order valence-corrected chi connectivity index (χ2v) is 6.62. The predicted molar refractivity (Wildman–Crippen MR) is 84.4 cm³/mol. The molecular weight excluding hydrogens is 284 g/mol. The molecule has 4 heteroatoms. The van der Waals surface area contributed by atoms with E-state index in [2.05, 4.69) is 0 Å². The summed E-state index contributed by atoms with van der Waals surface area (Å²) in [6.45, 7) is 3.66. The van der Waals surface area contributed by atoms with Gasteiger partial charge in [-0.3, -0.25) is 9.00 Å². The second kappa shape index (κ2) is 6.68. The predicted octanol–water partition coefficient (Wildman–Crippen LogP) is 3.38. The quantitative estimate of drug-likeness (QED) is 0.795. The molecule has 2 atom stereocenters. The topological polar surface area (TPSA) is 43.4 Å². The Labute approximate surface area is 127 Å². The molecule has 0 saturated heterocycles. The van der Waals surface area contributed by atoms with Gasteiger partial charge < -0.3 is 4.74 Å². The fourth-order valence-electron chi connectivity index (χ4n) is 1.98. The van der Waals surface area contributed by atoms with Crippen molar-refractivity contribution in [3.8, 4) is 5.75 Å². The van der Waals surface area contributed by atoms with Gasteiger partial charge in [0.1, 0.15) is 5.75 Å². The summed E-state index contributed by atoms with van der Waals surface area (Å²) in [6.07, 6.45) is 0. The van der Waals surface area contributed by atoms with Crippen LogP contribution in [0.2, 0.25) is 0 Å². The van der Waals surface area contributed by atoms with Gasteiger partial charge in [-0.2, -0.15) is 0 Å². The molecular formula is C17H18O3S. The van der Waals surface area contributed by atoms with E-state index in [-0.39, 0.29) is 5.78 Å². The maximum absolute atomic E-state index is 12.5. The maximum Gasteiger partial charge on any atom is 0.178 e. The van der Waals surface area contributed by atoms with Crippen LogP contribution in [0.3, 0.4) is 0 Å². The van der Waals surface area contributed by atoms with Gasteiger partial charge in [0.15, 0.2) is 5.78 Å². The highest BCUT2D eigenvalue weighted by atomic mass is 32.2. The number of methoxy groups -OCH3 is 1. The third-order valence-corrected chi connectivity index (χ3v) is 4.87. The van der Waals surface area contributed by atoms with Crippen molar-refractivity contribution >= 4 is 16.6 Å². The molecule has 21 heavy (non-hydrogen) atoms. The number of Topliss-reactive ketones (excluding diaryl/α,β-unsaturated/α-hetero) is 1. The second-order valence-electron chi connectivity index (χ2n) is 4.85. The minimum absolute atomic E-state index is 0.115. The van der Waals surface area contributed by atoms with Gasteiger partial charge in [-0.05, 0) is 32.0 Å². The number of benzene rings is 2. The Morgan fingerprint density at radius 2 is 1.81 bits per heavy atom. The number of hydrogen-bond acceptors (Lipinski definition) is 3. The smallest absolute Gasteiger partial charge is 0.178 e. The lowest BCUT2D eigenvalue weighted by atomic mass is 10.1. The SMILES string of the molecule is COc1cccc(S(=O)C(C)C(=O)c2ccc(C)cc2)c1. The zero-order valence-corrected chi connectivity index (χ0v) is 13.1. The van der Waals surface area contributed by atoms with Crippen LogP contribution in [0.25, 0.3) is 0 Å². The third-order valence-electron chi connectivity index (χ3n) is 3.30. The molecule has 0 fully saturated rings. The molecule has 0 aliphatic carbocycles. The minimum Gasteiger partial charge on any atom is -0.497 e. The molecule has 0 aliphatic heterocycles. The molecule has 0 aliphatic rings. The molecule has 110 valence electrons. The Morgan fingerprint density at radius 3 is 2.43 bits per heavy atom. The van der Waals surface area contributed by atoms with Gasteiger partial charge in [0, 0.05) is 10.5 Å². The van der Waals surface area contributed by atoms with Crippen molar-refractivity contribution in [2.45, 2.75) is 24.0 Å². The fraction of sp³-hybridized carbons (Fsp3) is 0.235. The first kappa shape index (κ1) is 15.4. The summed E-state index contributed by atoms with van der Waals surface area (Å²) in [5.41, 5.74) is 1.68. The third kappa shape index (κ3) is 3.58. The van der Waals surface area contributed by atoms with Crippen LogP contribution in [0, 0.1) is 6.92 Å². The molecule has 3 nitrogen and oxygen atoms in total. The maximum atomic E-state index is 12.5. The number of carbonyl (C=O) groups excluding carboxylic acids is 1.